The first-order chi connectivity index (χ1) is 13.5. The highest BCUT2D eigenvalue weighted by molar-refractivity contribution is 8.01. The van der Waals surface area contributed by atoms with Gasteiger partial charge >= 0.3 is 0 Å². The lowest BCUT2D eigenvalue weighted by Crippen LogP contribution is -2.30. The predicted octanol–water partition coefficient (Wildman–Crippen LogP) is 6.95. The number of halogens is 2. The molecule has 3 aromatic carbocycles. The van der Waals surface area contributed by atoms with E-state index >= 15 is 0 Å². The van der Waals surface area contributed by atoms with Crippen LogP contribution >= 0.6 is 35.0 Å². The Morgan fingerprint density at radius 2 is 1.57 bits per heavy atom. The summed E-state index contributed by atoms with van der Waals surface area (Å²) < 4.78 is 5.84. The molecule has 2 atom stereocenters. The summed E-state index contributed by atoms with van der Waals surface area (Å²) in [5.74, 6) is 1.55. The van der Waals surface area contributed by atoms with Crippen LogP contribution in [-0.2, 0) is 4.79 Å². The summed E-state index contributed by atoms with van der Waals surface area (Å²) in [5.41, 5.74) is 1.76. The van der Waals surface area contributed by atoms with Crippen molar-refractivity contribution >= 4 is 46.6 Å². The van der Waals surface area contributed by atoms with E-state index in [0.717, 1.165) is 17.0 Å². The summed E-state index contributed by atoms with van der Waals surface area (Å²) >= 11 is 13.8. The molecule has 4 rings (SSSR count). The lowest BCUT2D eigenvalue weighted by molar-refractivity contribution is -0.117. The fraction of sp³-hybridized carbons (Fsp3) is 0.136. The van der Waals surface area contributed by atoms with Gasteiger partial charge in [0.2, 0.25) is 5.91 Å². The molecule has 1 saturated heterocycles. The van der Waals surface area contributed by atoms with E-state index in [1.165, 1.54) is 0 Å². The molecule has 1 aliphatic rings. The van der Waals surface area contributed by atoms with Gasteiger partial charge in [-0.2, -0.15) is 0 Å². The third-order valence-electron chi connectivity index (χ3n) is 4.48. The van der Waals surface area contributed by atoms with Crippen molar-refractivity contribution in [2.24, 2.45) is 0 Å². The van der Waals surface area contributed by atoms with E-state index in [9.17, 15) is 4.79 Å². The fourth-order valence-corrected chi connectivity index (χ4v) is 4.65. The number of carbonyl (C=O) groups is 1. The molecule has 0 spiro atoms. The smallest absolute Gasteiger partial charge is 0.241 e. The van der Waals surface area contributed by atoms with Crippen LogP contribution in [0.3, 0.4) is 0 Å². The number of benzene rings is 3. The molecule has 1 heterocycles. The zero-order valence-corrected chi connectivity index (χ0v) is 17.3. The number of rotatable bonds is 4. The molecule has 3 aromatic rings. The monoisotopic (exact) mass is 429 g/mol. The van der Waals surface area contributed by atoms with Crippen molar-refractivity contribution in [1.82, 2.24) is 0 Å². The van der Waals surface area contributed by atoms with Gasteiger partial charge < -0.3 is 4.74 Å². The van der Waals surface area contributed by atoms with E-state index < -0.39 is 0 Å². The van der Waals surface area contributed by atoms with Crippen LogP contribution in [0.4, 0.5) is 5.69 Å². The molecule has 2 unspecified atom stereocenters. The number of para-hydroxylation sites is 1. The molecule has 1 aliphatic heterocycles. The van der Waals surface area contributed by atoms with Crippen LogP contribution in [0.25, 0.3) is 0 Å². The third kappa shape index (κ3) is 3.86. The zero-order chi connectivity index (χ0) is 19.7. The molecule has 0 radical (unpaired) electrons. The number of thioether (sulfide) groups is 1. The van der Waals surface area contributed by atoms with Crippen molar-refractivity contribution in [3.63, 3.8) is 0 Å². The van der Waals surface area contributed by atoms with E-state index in [-0.39, 0.29) is 16.5 Å². The quantitative estimate of drug-likeness (QED) is 0.449. The van der Waals surface area contributed by atoms with Crippen LogP contribution in [-0.4, -0.2) is 11.2 Å². The van der Waals surface area contributed by atoms with Gasteiger partial charge in [0.05, 0.1) is 15.3 Å². The lowest BCUT2D eigenvalue weighted by atomic mass is 10.1. The molecule has 0 aromatic heterocycles. The van der Waals surface area contributed by atoms with Crippen LogP contribution < -0.4 is 9.64 Å². The van der Waals surface area contributed by atoms with E-state index in [0.29, 0.717) is 15.8 Å². The maximum absolute atomic E-state index is 12.8. The normalized spacial score (nSPS) is 19.1. The van der Waals surface area contributed by atoms with Crippen molar-refractivity contribution in [2.75, 3.05) is 4.90 Å². The largest absolute Gasteiger partial charge is 0.457 e. The van der Waals surface area contributed by atoms with E-state index in [1.54, 1.807) is 22.7 Å². The Bertz CT molecular complexity index is 995. The first-order valence-corrected chi connectivity index (χ1v) is 10.5. The van der Waals surface area contributed by atoms with E-state index in [4.69, 9.17) is 27.9 Å². The number of anilines is 1. The third-order valence-corrected chi connectivity index (χ3v) is 6.57. The minimum Gasteiger partial charge on any atom is -0.457 e. The first-order valence-electron chi connectivity index (χ1n) is 8.79. The zero-order valence-electron chi connectivity index (χ0n) is 15.0. The van der Waals surface area contributed by atoms with Crippen LogP contribution in [0.5, 0.6) is 11.5 Å². The van der Waals surface area contributed by atoms with Gasteiger partial charge in [-0.3, -0.25) is 9.69 Å². The molecule has 0 bridgehead atoms. The maximum atomic E-state index is 12.8. The van der Waals surface area contributed by atoms with Crippen LogP contribution in [0.15, 0.2) is 72.8 Å². The second-order valence-electron chi connectivity index (χ2n) is 6.42. The molecular weight excluding hydrogens is 413 g/mol. The molecular formula is C22H17Cl2NO2S. The topological polar surface area (TPSA) is 29.5 Å². The van der Waals surface area contributed by atoms with Gasteiger partial charge in [-0.05, 0) is 61.0 Å². The summed E-state index contributed by atoms with van der Waals surface area (Å²) in [6, 6.07) is 22.6. The molecule has 3 nitrogen and oxygen atoms in total. The Labute approximate surface area is 178 Å². The molecule has 142 valence electrons. The number of amides is 1. The van der Waals surface area contributed by atoms with Crippen molar-refractivity contribution in [2.45, 2.75) is 17.5 Å². The van der Waals surface area contributed by atoms with E-state index in [2.05, 4.69) is 0 Å². The Kier molecular flexibility index (Phi) is 5.54. The van der Waals surface area contributed by atoms with E-state index in [1.807, 2.05) is 73.7 Å². The van der Waals surface area contributed by atoms with Gasteiger partial charge in [0.25, 0.3) is 0 Å². The summed E-state index contributed by atoms with van der Waals surface area (Å²) in [5, 5.41) is 0.693. The van der Waals surface area contributed by atoms with Crippen LogP contribution in [0, 0.1) is 0 Å². The lowest BCUT2D eigenvalue weighted by Gasteiger charge is -2.24. The first kappa shape index (κ1) is 19.2. The predicted molar refractivity (Wildman–Crippen MR) is 117 cm³/mol. The number of hydrogen-bond donors (Lipinski definition) is 0. The average Bonchev–Trinajstić information content (AvgIpc) is 3.00. The molecule has 0 N–H and O–H groups in total. The molecule has 0 aliphatic carbocycles. The highest BCUT2D eigenvalue weighted by atomic mass is 35.5. The standard InChI is InChI=1S/C22H17Cl2NO2S/c1-14-21(26)25(22(28-14)15-7-12-19(23)20(24)13-15)16-8-10-18(11-9-16)27-17-5-3-2-4-6-17/h2-14,22H,1H3. The number of hydrogen-bond acceptors (Lipinski definition) is 3. The van der Waals surface area contributed by atoms with Crippen LogP contribution in [0.1, 0.15) is 17.9 Å². The second kappa shape index (κ2) is 8.08. The van der Waals surface area contributed by atoms with Crippen molar-refractivity contribution < 1.29 is 9.53 Å². The molecule has 1 amide bonds. The number of carbonyl (C=O) groups excluding carboxylic acids is 1. The number of nitrogens with zero attached hydrogens (tertiary/aromatic N) is 1. The van der Waals surface area contributed by atoms with Gasteiger partial charge in [0, 0.05) is 5.69 Å². The number of ether oxygens (including phenoxy) is 1. The van der Waals surface area contributed by atoms with Gasteiger partial charge in [-0.1, -0.05) is 47.5 Å². The Morgan fingerprint density at radius 3 is 2.25 bits per heavy atom. The summed E-state index contributed by atoms with van der Waals surface area (Å²) in [7, 11) is 0. The summed E-state index contributed by atoms with van der Waals surface area (Å²) in [6.45, 7) is 1.92. The van der Waals surface area contributed by atoms with Crippen molar-refractivity contribution in [3.05, 3.63) is 88.4 Å². The van der Waals surface area contributed by atoms with Crippen LogP contribution in [0.2, 0.25) is 10.0 Å². The molecule has 1 fully saturated rings. The van der Waals surface area contributed by atoms with Gasteiger partial charge in [0.1, 0.15) is 16.9 Å². The maximum Gasteiger partial charge on any atom is 0.241 e. The molecule has 6 heteroatoms. The summed E-state index contributed by atoms with van der Waals surface area (Å²) in [4.78, 5) is 14.6. The Balaban J connectivity index is 1.61. The second-order valence-corrected chi connectivity index (χ2v) is 8.66. The van der Waals surface area contributed by atoms with Gasteiger partial charge in [-0.15, -0.1) is 11.8 Å². The molecule has 28 heavy (non-hydrogen) atoms. The van der Waals surface area contributed by atoms with Crippen molar-refractivity contribution in [3.8, 4) is 11.5 Å². The van der Waals surface area contributed by atoms with Gasteiger partial charge in [0.15, 0.2) is 0 Å². The van der Waals surface area contributed by atoms with Crippen molar-refractivity contribution in [1.29, 1.82) is 0 Å². The average molecular weight is 430 g/mol. The molecule has 0 saturated carbocycles. The minimum atomic E-state index is -0.154. The fourth-order valence-electron chi connectivity index (χ4n) is 3.08. The SMILES string of the molecule is CC1SC(c2ccc(Cl)c(Cl)c2)N(c2ccc(Oc3ccccc3)cc2)C1=O. The Morgan fingerprint density at radius 1 is 0.893 bits per heavy atom. The summed E-state index contributed by atoms with van der Waals surface area (Å²) in [6.07, 6.45) is 0. The highest BCUT2D eigenvalue weighted by Gasteiger charge is 2.39. The van der Waals surface area contributed by atoms with Gasteiger partial charge in [-0.25, -0.2) is 0 Å². The Hall–Kier alpha value is -2.14. The minimum absolute atomic E-state index is 0.0674. The highest BCUT2D eigenvalue weighted by Crippen LogP contribution is 2.46.